The van der Waals surface area contributed by atoms with Gasteiger partial charge in [0.15, 0.2) is 0 Å². The summed E-state index contributed by atoms with van der Waals surface area (Å²) in [6.45, 7) is 1.27. The second-order valence-corrected chi connectivity index (χ2v) is 5.87. The number of rotatable bonds is 9. The third kappa shape index (κ3) is 4.48. The fraction of sp³-hybridized carbons (Fsp3) is 0.368. The summed E-state index contributed by atoms with van der Waals surface area (Å²) in [7, 11) is 1.55. The maximum absolute atomic E-state index is 12.6. The number of carbonyl (C=O) groups is 2. The van der Waals surface area contributed by atoms with E-state index in [4.69, 9.17) is 16.2 Å². The third-order valence-corrected chi connectivity index (χ3v) is 4.15. The summed E-state index contributed by atoms with van der Waals surface area (Å²) in [4.78, 5) is 24.4. The number of hydrogen-bond acceptors (Lipinski definition) is 4. The predicted molar refractivity (Wildman–Crippen MR) is 98.9 cm³/mol. The van der Waals surface area contributed by atoms with Crippen molar-refractivity contribution >= 4 is 22.6 Å². The number of amides is 2. The Labute approximate surface area is 147 Å². The van der Waals surface area contributed by atoms with E-state index in [1.807, 2.05) is 6.07 Å². The lowest BCUT2D eigenvalue weighted by molar-refractivity contribution is 0.0954. The van der Waals surface area contributed by atoms with Crippen LogP contribution in [0.4, 0.5) is 0 Å². The molecule has 25 heavy (non-hydrogen) atoms. The fourth-order valence-corrected chi connectivity index (χ4v) is 2.87. The monoisotopic (exact) mass is 343 g/mol. The maximum Gasteiger partial charge on any atom is 0.251 e. The normalized spacial score (nSPS) is 10.6. The zero-order valence-corrected chi connectivity index (χ0v) is 14.5. The standard InChI is InChI=1S/C19H25N3O3/c1-25-16-10-9-14(18(21)23)17-13(16)7-6-8-15(17)19(24)22-12-5-3-2-4-11-20/h6-10H,2-5,11-12,20H2,1H3,(H2,21,23)(H,22,24). The highest BCUT2D eigenvalue weighted by atomic mass is 16.5. The summed E-state index contributed by atoms with van der Waals surface area (Å²) < 4.78 is 5.34. The summed E-state index contributed by atoms with van der Waals surface area (Å²) in [5, 5.41) is 4.12. The predicted octanol–water partition coefficient (Wildman–Crippen LogP) is 2.20. The van der Waals surface area contributed by atoms with Crippen molar-refractivity contribution in [2.75, 3.05) is 20.2 Å². The van der Waals surface area contributed by atoms with Gasteiger partial charge >= 0.3 is 0 Å². The minimum atomic E-state index is -0.574. The van der Waals surface area contributed by atoms with Gasteiger partial charge in [0.25, 0.3) is 5.91 Å². The lowest BCUT2D eigenvalue weighted by Crippen LogP contribution is -2.25. The first-order valence-electron chi connectivity index (χ1n) is 8.48. The molecule has 0 fully saturated rings. The first-order chi connectivity index (χ1) is 12.1. The van der Waals surface area contributed by atoms with E-state index in [-0.39, 0.29) is 5.91 Å². The van der Waals surface area contributed by atoms with Crippen LogP contribution in [0.1, 0.15) is 46.4 Å². The van der Waals surface area contributed by atoms with Crippen LogP contribution in [0, 0.1) is 0 Å². The van der Waals surface area contributed by atoms with E-state index in [1.54, 1.807) is 31.4 Å². The number of primary amides is 1. The van der Waals surface area contributed by atoms with Crippen LogP contribution in [-0.4, -0.2) is 32.0 Å². The van der Waals surface area contributed by atoms with E-state index in [2.05, 4.69) is 5.32 Å². The molecule has 6 nitrogen and oxygen atoms in total. The van der Waals surface area contributed by atoms with Crippen molar-refractivity contribution in [3.05, 3.63) is 41.5 Å². The summed E-state index contributed by atoms with van der Waals surface area (Å²) in [6.07, 6.45) is 3.97. The molecule has 0 radical (unpaired) electrons. The number of ether oxygens (including phenoxy) is 1. The number of fused-ring (bicyclic) bond motifs is 1. The summed E-state index contributed by atoms with van der Waals surface area (Å²) >= 11 is 0. The highest BCUT2D eigenvalue weighted by molar-refractivity contribution is 6.16. The number of carbonyl (C=O) groups excluding carboxylic acids is 2. The van der Waals surface area contributed by atoms with Gasteiger partial charge in [0.2, 0.25) is 5.91 Å². The number of unbranched alkanes of at least 4 members (excludes halogenated alkanes) is 3. The van der Waals surface area contributed by atoms with Crippen LogP contribution in [0.3, 0.4) is 0 Å². The molecule has 134 valence electrons. The van der Waals surface area contributed by atoms with Crippen LogP contribution in [0.5, 0.6) is 5.75 Å². The lowest BCUT2D eigenvalue weighted by Gasteiger charge is -2.13. The van der Waals surface area contributed by atoms with Gasteiger partial charge in [-0.25, -0.2) is 0 Å². The molecule has 5 N–H and O–H groups in total. The highest BCUT2D eigenvalue weighted by Gasteiger charge is 2.17. The summed E-state index contributed by atoms with van der Waals surface area (Å²) in [6, 6.07) is 8.54. The average Bonchev–Trinajstić information content (AvgIpc) is 2.62. The van der Waals surface area contributed by atoms with Gasteiger partial charge in [-0.05, 0) is 37.6 Å². The Bertz CT molecular complexity index is 759. The van der Waals surface area contributed by atoms with Crippen LogP contribution < -0.4 is 21.5 Å². The first-order valence-corrected chi connectivity index (χ1v) is 8.48. The Kier molecular flexibility index (Phi) is 6.77. The molecule has 2 aromatic carbocycles. The molecular weight excluding hydrogens is 318 g/mol. The molecule has 2 aromatic rings. The van der Waals surface area contributed by atoms with Gasteiger partial charge in [-0.1, -0.05) is 25.0 Å². The number of hydrogen-bond donors (Lipinski definition) is 3. The molecule has 0 aliphatic rings. The maximum atomic E-state index is 12.6. The molecule has 0 bridgehead atoms. The average molecular weight is 343 g/mol. The molecule has 0 aliphatic heterocycles. The van der Waals surface area contributed by atoms with E-state index in [9.17, 15) is 9.59 Å². The van der Waals surface area contributed by atoms with Crippen molar-refractivity contribution in [1.29, 1.82) is 0 Å². The molecule has 0 aromatic heterocycles. The van der Waals surface area contributed by atoms with E-state index in [0.29, 0.717) is 40.7 Å². The van der Waals surface area contributed by atoms with Gasteiger partial charge in [0.1, 0.15) is 5.75 Å². The molecule has 0 atom stereocenters. The Hall–Kier alpha value is -2.60. The van der Waals surface area contributed by atoms with E-state index >= 15 is 0 Å². The van der Waals surface area contributed by atoms with Crippen molar-refractivity contribution in [3.8, 4) is 5.75 Å². The van der Waals surface area contributed by atoms with Gasteiger partial charge in [-0.3, -0.25) is 9.59 Å². The minimum absolute atomic E-state index is 0.222. The van der Waals surface area contributed by atoms with E-state index in [1.165, 1.54) is 0 Å². The van der Waals surface area contributed by atoms with Crippen LogP contribution in [0.15, 0.2) is 30.3 Å². The zero-order valence-electron chi connectivity index (χ0n) is 14.5. The van der Waals surface area contributed by atoms with Gasteiger partial charge in [-0.2, -0.15) is 0 Å². The Balaban J connectivity index is 2.25. The summed E-state index contributed by atoms with van der Waals surface area (Å²) in [5.41, 5.74) is 11.7. The molecule has 0 unspecified atom stereocenters. The molecule has 6 heteroatoms. The van der Waals surface area contributed by atoms with Crippen LogP contribution in [-0.2, 0) is 0 Å². The van der Waals surface area contributed by atoms with Crippen molar-refractivity contribution in [2.24, 2.45) is 11.5 Å². The van der Waals surface area contributed by atoms with Gasteiger partial charge in [0.05, 0.1) is 7.11 Å². The highest BCUT2D eigenvalue weighted by Crippen LogP contribution is 2.31. The smallest absolute Gasteiger partial charge is 0.251 e. The molecule has 0 aliphatic carbocycles. The number of nitrogens with one attached hydrogen (secondary N) is 1. The molecule has 0 spiro atoms. The molecule has 0 saturated heterocycles. The second kappa shape index (κ2) is 9.03. The minimum Gasteiger partial charge on any atom is -0.496 e. The summed E-state index contributed by atoms with van der Waals surface area (Å²) in [5.74, 6) is -0.202. The number of nitrogens with two attached hydrogens (primary N) is 2. The number of benzene rings is 2. The number of methoxy groups -OCH3 is 1. The second-order valence-electron chi connectivity index (χ2n) is 5.87. The topological polar surface area (TPSA) is 107 Å². The van der Waals surface area contributed by atoms with E-state index in [0.717, 1.165) is 25.7 Å². The fourth-order valence-electron chi connectivity index (χ4n) is 2.87. The Morgan fingerprint density at radius 1 is 1.04 bits per heavy atom. The first kappa shape index (κ1) is 18.7. The van der Waals surface area contributed by atoms with Gasteiger partial charge in [0, 0.05) is 28.4 Å². The van der Waals surface area contributed by atoms with Gasteiger partial charge in [-0.15, -0.1) is 0 Å². The molecular formula is C19H25N3O3. The van der Waals surface area contributed by atoms with Crippen molar-refractivity contribution in [3.63, 3.8) is 0 Å². The third-order valence-electron chi connectivity index (χ3n) is 4.15. The van der Waals surface area contributed by atoms with Crippen LogP contribution >= 0.6 is 0 Å². The van der Waals surface area contributed by atoms with Crippen LogP contribution in [0.2, 0.25) is 0 Å². The van der Waals surface area contributed by atoms with Crippen molar-refractivity contribution in [2.45, 2.75) is 25.7 Å². The SMILES string of the molecule is COc1ccc(C(N)=O)c2c(C(=O)NCCCCCCN)cccc12. The van der Waals surface area contributed by atoms with Gasteiger partial charge < -0.3 is 21.5 Å². The van der Waals surface area contributed by atoms with Crippen molar-refractivity contribution < 1.29 is 14.3 Å². The van der Waals surface area contributed by atoms with Crippen molar-refractivity contribution in [1.82, 2.24) is 5.32 Å². The Morgan fingerprint density at radius 3 is 2.48 bits per heavy atom. The molecule has 2 rings (SSSR count). The lowest BCUT2D eigenvalue weighted by atomic mass is 9.97. The quantitative estimate of drug-likeness (QED) is 0.607. The molecule has 0 saturated carbocycles. The zero-order chi connectivity index (χ0) is 18.2. The Morgan fingerprint density at radius 2 is 1.80 bits per heavy atom. The van der Waals surface area contributed by atoms with Crippen LogP contribution in [0.25, 0.3) is 10.8 Å². The van der Waals surface area contributed by atoms with E-state index < -0.39 is 5.91 Å². The molecule has 2 amide bonds. The largest absolute Gasteiger partial charge is 0.496 e. The molecule has 0 heterocycles.